The van der Waals surface area contributed by atoms with Gasteiger partial charge in [-0.05, 0) is 66.1 Å². The van der Waals surface area contributed by atoms with E-state index in [1.807, 2.05) is 60.7 Å². The van der Waals surface area contributed by atoms with Crippen molar-refractivity contribution in [3.63, 3.8) is 0 Å². The Balaban J connectivity index is 1.39. The number of carbonyl (C=O) groups is 2. The molecule has 0 aromatic heterocycles. The maximum Gasteiger partial charge on any atom is 0.323 e. The van der Waals surface area contributed by atoms with Crippen molar-refractivity contribution in [3.05, 3.63) is 89.0 Å². The van der Waals surface area contributed by atoms with Crippen molar-refractivity contribution in [2.24, 2.45) is 5.92 Å². The van der Waals surface area contributed by atoms with Gasteiger partial charge in [-0.2, -0.15) is 0 Å². The number of hydrogen-bond donors (Lipinski definition) is 4. The quantitative estimate of drug-likeness (QED) is 0.184. The number of amides is 1. The van der Waals surface area contributed by atoms with Crippen LogP contribution in [0.3, 0.4) is 0 Å². The summed E-state index contributed by atoms with van der Waals surface area (Å²) in [5.41, 5.74) is 4.65. The number of benzene rings is 3. The molecule has 0 saturated carbocycles. The highest BCUT2D eigenvalue weighted by Crippen LogP contribution is 2.22. The Morgan fingerprint density at radius 2 is 1.60 bits per heavy atom. The standard InChI is InChI=1S/C33H39N5O6S/c1-23(2)31(33(40)41)38(45(42)43)37-19-17-36(18-20-37)27-12-7-24(8-13-27)5-6-25-11-16-30(34-3)29(21-25)32(39)35-22-26-9-14-28(44-4)15-10-26/h7-16,21,23,31,34H,17-20,22H2,1-4H3,(H,35,39)(H,40,41)(H,42,43). The number of hydrogen-bond acceptors (Lipinski definition) is 7. The molecule has 11 nitrogen and oxygen atoms in total. The summed E-state index contributed by atoms with van der Waals surface area (Å²) >= 11 is -2.45. The van der Waals surface area contributed by atoms with Gasteiger partial charge in [0.15, 0.2) is 0 Å². The lowest BCUT2D eigenvalue weighted by Crippen LogP contribution is -2.60. The highest BCUT2D eigenvalue weighted by molar-refractivity contribution is 7.76. The molecule has 0 radical (unpaired) electrons. The molecule has 0 spiro atoms. The van der Waals surface area contributed by atoms with Crippen LogP contribution in [0.15, 0.2) is 66.7 Å². The molecule has 2 unspecified atom stereocenters. The smallest absolute Gasteiger partial charge is 0.323 e. The summed E-state index contributed by atoms with van der Waals surface area (Å²) in [6.45, 7) is 5.75. The van der Waals surface area contributed by atoms with Crippen molar-refractivity contribution < 1.29 is 28.2 Å². The number of aliphatic carboxylic acids is 1. The van der Waals surface area contributed by atoms with Crippen LogP contribution in [0, 0.1) is 17.8 Å². The first-order valence-corrected chi connectivity index (χ1v) is 15.7. The zero-order valence-electron chi connectivity index (χ0n) is 25.8. The predicted molar refractivity (Wildman–Crippen MR) is 175 cm³/mol. The van der Waals surface area contributed by atoms with Gasteiger partial charge in [0.1, 0.15) is 11.8 Å². The number of piperazine rings is 1. The van der Waals surface area contributed by atoms with Gasteiger partial charge in [-0.3, -0.25) is 14.1 Å². The largest absolute Gasteiger partial charge is 0.497 e. The fourth-order valence-corrected chi connectivity index (χ4v) is 6.00. The SMILES string of the molecule is CNc1ccc(C#Cc2ccc(N3CCN(N(C(C(=O)O)C(C)C)S(=O)O)CC3)cc2)cc1C(=O)NCc1ccc(OC)cc1. The lowest BCUT2D eigenvalue weighted by atomic mass is 10.1. The highest BCUT2D eigenvalue weighted by atomic mass is 32.2. The number of rotatable bonds is 11. The Kier molecular flexibility index (Phi) is 11.6. The van der Waals surface area contributed by atoms with Crippen LogP contribution in [0.1, 0.15) is 40.9 Å². The normalized spacial score (nSPS) is 14.8. The number of ether oxygens (including phenoxy) is 1. The summed E-state index contributed by atoms with van der Waals surface area (Å²) in [6.07, 6.45) is 0. The topological polar surface area (TPSA) is 135 Å². The number of anilines is 2. The number of nitrogens with zero attached hydrogens (tertiary/aromatic N) is 3. The van der Waals surface area contributed by atoms with E-state index in [0.29, 0.717) is 49.5 Å². The summed E-state index contributed by atoms with van der Waals surface area (Å²) in [4.78, 5) is 27.0. The molecule has 1 aliphatic rings. The van der Waals surface area contributed by atoms with Crippen LogP contribution in [0.5, 0.6) is 5.75 Å². The van der Waals surface area contributed by atoms with Crippen LogP contribution < -0.4 is 20.3 Å². The average molecular weight is 634 g/mol. The molecule has 0 bridgehead atoms. The highest BCUT2D eigenvalue weighted by Gasteiger charge is 2.38. The van der Waals surface area contributed by atoms with Crippen LogP contribution in [0.2, 0.25) is 0 Å². The first-order chi connectivity index (χ1) is 21.6. The van der Waals surface area contributed by atoms with Crippen molar-refractivity contribution in [2.45, 2.75) is 26.4 Å². The van der Waals surface area contributed by atoms with E-state index >= 15 is 0 Å². The summed E-state index contributed by atoms with van der Waals surface area (Å²) in [7, 11) is 3.38. The number of carboxylic acids is 1. The fourth-order valence-electron chi connectivity index (χ4n) is 5.11. The van der Waals surface area contributed by atoms with E-state index in [1.165, 1.54) is 0 Å². The number of methoxy groups -OCH3 is 1. The Labute approximate surface area is 266 Å². The molecule has 4 N–H and O–H groups in total. The second-order valence-electron chi connectivity index (χ2n) is 10.8. The minimum Gasteiger partial charge on any atom is -0.497 e. The van der Waals surface area contributed by atoms with Gasteiger partial charge >= 0.3 is 5.97 Å². The molecule has 1 fully saturated rings. The third kappa shape index (κ3) is 8.61. The molecule has 45 heavy (non-hydrogen) atoms. The molecule has 1 aliphatic heterocycles. The molecule has 4 rings (SSSR count). The lowest BCUT2D eigenvalue weighted by molar-refractivity contribution is -0.148. The zero-order valence-corrected chi connectivity index (χ0v) is 26.6. The van der Waals surface area contributed by atoms with E-state index in [1.54, 1.807) is 39.1 Å². The van der Waals surface area contributed by atoms with Crippen molar-refractivity contribution >= 4 is 34.5 Å². The molecular weight excluding hydrogens is 594 g/mol. The minimum atomic E-state index is -2.45. The molecule has 0 aliphatic carbocycles. The first kappa shape index (κ1) is 33.5. The third-order valence-electron chi connectivity index (χ3n) is 7.55. The van der Waals surface area contributed by atoms with Crippen molar-refractivity contribution in [1.29, 1.82) is 0 Å². The van der Waals surface area contributed by atoms with Crippen LogP contribution >= 0.6 is 0 Å². The van der Waals surface area contributed by atoms with Gasteiger partial charge in [0.05, 0.1) is 12.7 Å². The van der Waals surface area contributed by atoms with Gasteiger partial charge in [-0.15, -0.1) is 4.41 Å². The molecule has 238 valence electrons. The van der Waals surface area contributed by atoms with Gasteiger partial charge in [0.25, 0.3) is 5.91 Å². The number of carboxylic acid groups (broad SMARTS) is 1. The summed E-state index contributed by atoms with van der Waals surface area (Å²) in [5, 5.41) is 17.3. The molecule has 1 amide bonds. The van der Waals surface area contributed by atoms with E-state index in [-0.39, 0.29) is 11.8 Å². The maximum atomic E-state index is 13.0. The van der Waals surface area contributed by atoms with Crippen molar-refractivity contribution in [3.8, 4) is 17.6 Å². The Bertz CT molecular complexity index is 1560. The van der Waals surface area contributed by atoms with Crippen molar-refractivity contribution in [2.75, 3.05) is 50.6 Å². The van der Waals surface area contributed by atoms with E-state index < -0.39 is 23.3 Å². The van der Waals surface area contributed by atoms with E-state index in [9.17, 15) is 23.5 Å². The second-order valence-corrected chi connectivity index (χ2v) is 11.7. The van der Waals surface area contributed by atoms with Crippen molar-refractivity contribution in [1.82, 2.24) is 14.7 Å². The van der Waals surface area contributed by atoms with E-state index in [0.717, 1.165) is 27.0 Å². The van der Waals surface area contributed by atoms with Gasteiger partial charge in [-0.25, -0.2) is 9.22 Å². The monoisotopic (exact) mass is 633 g/mol. The van der Waals surface area contributed by atoms with Gasteiger partial charge < -0.3 is 25.4 Å². The molecule has 12 heteroatoms. The molecule has 3 aromatic rings. The lowest BCUT2D eigenvalue weighted by Gasteiger charge is -2.42. The van der Waals surface area contributed by atoms with Gasteiger partial charge in [0.2, 0.25) is 11.3 Å². The van der Waals surface area contributed by atoms with Gasteiger partial charge in [-0.1, -0.05) is 37.8 Å². The van der Waals surface area contributed by atoms with Crippen LogP contribution in [-0.4, -0.2) is 81.5 Å². The van der Waals surface area contributed by atoms with Crippen LogP contribution in [0.4, 0.5) is 11.4 Å². The third-order valence-corrected chi connectivity index (χ3v) is 8.32. The summed E-state index contributed by atoms with van der Waals surface area (Å²) in [6, 6.07) is 19.7. The fraction of sp³-hybridized carbons (Fsp3) is 0.333. The molecule has 3 aromatic carbocycles. The average Bonchev–Trinajstić information content (AvgIpc) is 3.05. The summed E-state index contributed by atoms with van der Waals surface area (Å²) in [5.74, 6) is 5.39. The molecule has 2 atom stereocenters. The Morgan fingerprint density at radius 1 is 0.978 bits per heavy atom. The second kappa shape index (κ2) is 15.5. The minimum absolute atomic E-state index is 0.209. The Morgan fingerprint density at radius 3 is 2.16 bits per heavy atom. The number of nitrogens with one attached hydrogen (secondary N) is 2. The molecule has 1 saturated heterocycles. The first-order valence-electron chi connectivity index (χ1n) is 14.6. The molecule has 1 heterocycles. The van der Waals surface area contributed by atoms with E-state index in [2.05, 4.69) is 27.4 Å². The van der Waals surface area contributed by atoms with Crippen LogP contribution in [0.25, 0.3) is 0 Å². The maximum absolute atomic E-state index is 13.0. The zero-order chi connectivity index (χ0) is 32.5. The Hall–Kier alpha value is -4.41. The van der Waals surface area contributed by atoms with E-state index in [4.69, 9.17) is 4.74 Å². The number of carbonyl (C=O) groups excluding carboxylic acids is 1. The van der Waals surface area contributed by atoms with Gasteiger partial charge in [0, 0.05) is 62.3 Å². The summed E-state index contributed by atoms with van der Waals surface area (Å²) < 4.78 is 28.2. The molecular formula is C33H39N5O6S. The predicted octanol–water partition coefficient (Wildman–Crippen LogP) is 3.65. The number of hydrazine groups is 1. The van der Waals surface area contributed by atoms with Crippen LogP contribution in [-0.2, 0) is 22.6 Å².